The molecule has 1 fully saturated rings. The summed E-state index contributed by atoms with van der Waals surface area (Å²) in [5.41, 5.74) is 4.77. The average Bonchev–Trinajstić information content (AvgIpc) is 3.33. The number of carbonyl (C=O) groups is 4. The number of likely N-dealkylation sites (tertiary alicyclic amines) is 1. The van der Waals surface area contributed by atoms with E-state index in [0.29, 0.717) is 33.4 Å². The number of nitrogens with zero attached hydrogens (tertiary/aromatic N) is 1. The first kappa shape index (κ1) is 29.5. The minimum Gasteiger partial charge on any atom is -0.453 e. The van der Waals surface area contributed by atoms with Crippen molar-refractivity contribution in [2.45, 2.75) is 42.2 Å². The van der Waals surface area contributed by atoms with Crippen LogP contribution in [0.1, 0.15) is 50.7 Å². The molecule has 2 amide bonds. The van der Waals surface area contributed by atoms with Crippen LogP contribution in [0.15, 0.2) is 103 Å². The molecule has 1 heterocycles. The fraction of sp³-hybridized carbons (Fsp3) is 0.243. The van der Waals surface area contributed by atoms with Gasteiger partial charge in [-0.2, -0.15) is 0 Å². The van der Waals surface area contributed by atoms with Crippen molar-refractivity contribution < 1.29 is 23.9 Å². The molecule has 0 aromatic heterocycles. The van der Waals surface area contributed by atoms with Crippen molar-refractivity contribution in [1.82, 2.24) is 4.90 Å². The minimum absolute atomic E-state index is 0.00744. The lowest BCUT2D eigenvalue weighted by Gasteiger charge is -2.54. The molecular formula is C37H29Cl2NO5. The molecule has 1 aliphatic heterocycles. The molecule has 226 valence electrons. The van der Waals surface area contributed by atoms with E-state index in [1.165, 1.54) is 6.92 Å². The summed E-state index contributed by atoms with van der Waals surface area (Å²) in [6.07, 6.45) is -1.16. The molecule has 4 aliphatic rings. The zero-order valence-corrected chi connectivity index (χ0v) is 26.1. The maximum atomic E-state index is 14.6. The monoisotopic (exact) mass is 637 g/mol. The van der Waals surface area contributed by atoms with Gasteiger partial charge in [0, 0.05) is 12.0 Å². The number of amides is 2. The SMILES string of the molecule is Cc1ccc(C(=O)[C@H](C)OC(=O)[C@H](Cc2ccccc2)N2C(=O)[C@@H]3[C@H](C2=O)C2(Cl)c4ccccc4C3(Cl)c3ccccc32)cc1. The Morgan fingerprint density at radius 3 is 1.64 bits per heavy atom. The second-order valence-electron chi connectivity index (χ2n) is 12.0. The Labute approximate surface area is 270 Å². The number of alkyl halides is 2. The molecule has 0 saturated carbocycles. The Hall–Kier alpha value is -4.26. The van der Waals surface area contributed by atoms with Crippen LogP contribution in [0, 0.1) is 18.8 Å². The van der Waals surface area contributed by atoms with Crippen molar-refractivity contribution in [2.75, 3.05) is 0 Å². The van der Waals surface area contributed by atoms with Gasteiger partial charge >= 0.3 is 5.97 Å². The fourth-order valence-corrected chi connectivity index (χ4v) is 8.47. The van der Waals surface area contributed by atoms with Crippen molar-refractivity contribution >= 4 is 46.8 Å². The second kappa shape index (κ2) is 10.7. The van der Waals surface area contributed by atoms with Gasteiger partial charge in [-0.3, -0.25) is 19.3 Å². The second-order valence-corrected chi connectivity index (χ2v) is 13.2. The van der Waals surface area contributed by atoms with E-state index in [1.807, 2.05) is 73.7 Å². The highest BCUT2D eigenvalue weighted by molar-refractivity contribution is 6.36. The van der Waals surface area contributed by atoms with E-state index in [2.05, 4.69) is 0 Å². The van der Waals surface area contributed by atoms with E-state index in [1.54, 1.807) is 36.4 Å². The van der Waals surface area contributed by atoms with E-state index >= 15 is 0 Å². The highest BCUT2D eigenvalue weighted by Crippen LogP contribution is 2.69. The van der Waals surface area contributed by atoms with E-state index in [4.69, 9.17) is 27.9 Å². The normalized spacial score (nSPS) is 25.6. The number of rotatable bonds is 7. The van der Waals surface area contributed by atoms with Crippen LogP contribution < -0.4 is 0 Å². The first-order valence-electron chi connectivity index (χ1n) is 14.9. The van der Waals surface area contributed by atoms with Crippen LogP contribution in [0.4, 0.5) is 0 Å². The molecule has 0 spiro atoms. The molecule has 45 heavy (non-hydrogen) atoms. The number of carbonyl (C=O) groups excluding carboxylic acids is 4. The first-order chi connectivity index (χ1) is 21.6. The zero-order chi connectivity index (χ0) is 31.7. The van der Waals surface area contributed by atoms with Gasteiger partial charge in [0.15, 0.2) is 6.10 Å². The summed E-state index contributed by atoms with van der Waals surface area (Å²) >= 11 is 15.2. The van der Waals surface area contributed by atoms with E-state index in [-0.39, 0.29) is 6.42 Å². The maximum Gasteiger partial charge on any atom is 0.330 e. The van der Waals surface area contributed by atoms with Crippen molar-refractivity contribution in [3.63, 3.8) is 0 Å². The molecule has 4 aromatic carbocycles. The smallest absolute Gasteiger partial charge is 0.330 e. The third-order valence-electron chi connectivity index (χ3n) is 9.47. The predicted molar refractivity (Wildman–Crippen MR) is 170 cm³/mol. The van der Waals surface area contributed by atoms with Crippen LogP contribution in [0.3, 0.4) is 0 Å². The van der Waals surface area contributed by atoms with Crippen LogP contribution in [0.5, 0.6) is 0 Å². The van der Waals surface area contributed by atoms with Crippen molar-refractivity contribution in [3.8, 4) is 0 Å². The summed E-state index contributed by atoms with van der Waals surface area (Å²) in [4.78, 5) is 54.7. The summed E-state index contributed by atoms with van der Waals surface area (Å²) in [7, 11) is 0. The lowest BCUT2D eigenvalue weighted by molar-refractivity contribution is -0.160. The van der Waals surface area contributed by atoms with Gasteiger partial charge < -0.3 is 4.74 Å². The number of halogens is 2. The van der Waals surface area contributed by atoms with Gasteiger partial charge in [0.2, 0.25) is 17.6 Å². The quantitative estimate of drug-likeness (QED) is 0.103. The van der Waals surface area contributed by atoms with Gasteiger partial charge in [-0.05, 0) is 41.7 Å². The Morgan fingerprint density at radius 2 is 1.18 bits per heavy atom. The van der Waals surface area contributed by atoms with Crippen LogP contribution in [0.2, 0.25) is 0 Å². The van der Waals surface area contributed by atoms with E-state index in [0.717, 1.165) is 10.5 Å². The molecule has 0 N–H and O–H groups in total. The Kier molecular flexibility index (Phi) is 6.99. The van der Waals surface area contributed by atoms with Gasteiger partial charge in [-0.15, -0.1) is 23.2 Å². The van der Waals surface area contributed by atoms with Gasteiger partial charge in [0.05, 0.1) is 11.8 Å². The number of hydrogen-bond acceptors (Lipinski definition) is 5. The average molecular weight is 639 g/mol. The molecule has 6 nitrogen and oxygen atoms in total. The summed E-state index contributed by atoms with van der Waals surface area (Å²) in [6.45, 7) is 3.40. The highest BCUT2D eigenvalue weighted by atomic mass is 35.5. The predicted octanol–water partition coefficient (Wildman–Crippen LogP) is 6.31. The van der Waals surface area contributed by atoms with Gasteiger partial charge in [-0.25, -0.2) is 4.79 Å². The van der Waals surface area contributed by atoms with Crippen LogP contribution in [-0.4, -0.2) is 40.6 Å². The maximum absolute atomic E-state index is 14.6. The molecule has 4 atom stereocenters. The largest absolute Gasteiger partial charge is 0.453 e. The number of ether oxygens (including phenoxy) is 1. The summed E-state index contributed by atoms with van der Waals surface area (Å²) in [6, 6.07) is 29.4. The number of ketones is 1. The number of imide groups is 1. The van der Waals surface area contributed by atoms with Crippen molar-refractivity contribution in [1.29, 1.82) is 0 Å². The minimum atomic E-state index is -1.38. The third-order valence-corrected chi connectivity index (χ3v) is 10.8. The third kappa shape index (κ3) is 4.23. The first-order valence-corrected chi connectivity index (χ1v) is 15.6. The summed E-state index contributed by atoms with van der Waals surface area (Å²) in [5.74, 6) is -4.56. The molecule has 1 saturated heterocycles. The molecule has 8 heteroatoms. The fourth-order valence-electron chi connectivity index (χ4n) is 7.37. The number of hydrogen-bond donors (Lipinski definition) is 0. The van der Waals surface area contributed by atoms with Gasteiger partial charge in [0.25, 0.3) is 0 Å². The van der Waals surface area contributed by atoms with Crippen molar-refractivity contribution in [2.24, 2.45) is 11.8 Å². The lowest BCUT2D eigenvalue weighted by Crippen LogP contribution is -2.57. The zero-order valence-electron chi connectivity index (χ0n) is 24.6. The van der Waals surface area contributed by atoms with Gasteiger partial charge in [0.1, 0.15) is 15.8 Å². The lowest BCUT2D eigenvalue weighted by atomic mass is 9.54. The van der Waals surface area contributed by atoms with E-state index in [9.17, 15) is 19.2 Å². The van der Waals surface area contributed by atoms with Crippen molar-refractivity contribution in [3.05, 3.63) is 142 Å². The van der Waals surface area contributed by atoms with Crippen LogP contribution >= 0.6 is 23.2 Å². The molecule has 8 rings (SSSR count). The standard InChI is InChI=1S/C37H29Cl2NO5/c1-21-16-18-24(19-17-21)32(41)22(2)45-35(44)29(20-23-10-4-3-5-11-23)40-33(42)30-31(34(40)43)37(39)26-13-7-6-12-25(26)36(30,38)27-14-8-9-15-28(27)37/h3-19,22,29-31H,20H2,1-2H3/t22-,29-,30-,31+,36?,37?/m0/s1. The molecule has 3 aliphatic carbocycles. The number of esters is 1. The Balaban J connectivity index is 1.30. The summed E-state index contributed by atoms with van der Waals surface area (Å²) < 4.78 is 5.74. The number of aryl methyl sites for hydroxylation is 1. The van der Waals surface area contributed by atoms with Gasteiger partial charge in [-0.1, -0.05) is 109 Å². The summed E-state index contributed by atoms with van der Waals surface area (Å²) in [5, 5.41) is 0. The van der Waals surface area contributed by atoms with Crippen LogP contribution in [0.25, 0.3) is 0 Å². The number of benzene rings is 4. The topological polar surface area (TPSA) is 80.8 Å². The highest BCUT2D eigenvalue weighted by Gasteiger charge is 2.73. The number of Topliss-reactive ketones (excluding diaryl/α,β-unsaturated/α-hetero) is 1. The molecule has 0 unspecified atom stereocenters. The Bertz CT molecular complexity index is 1750. The molecule has 0 radical (unpaired) electrons. The molecule has 4 aromatic rings. The molecule has 2 bridgehead atoms. The molecular weight excluding hydrogens is 609 g/mol. The van der Waals surface area contributed by atoms with Crippen LogP contribution in [-0.2, 0) is 35.3 Å². The Morgan fingerprint density at radius 1 is 0.733 bits per heavy atom. The van der Waals surface area contributed by atoms with E-state index < -0.39 is 57.3 Å².